The average molecular weight is 443 g/mol. The average Bonchev–Trinajstić information content (AvgIpc) is 3.26. The molecule has 10 heteroatoms. The van der Waals surface area contributed by atoms with Crippen LogP contribution in [-0.2, 0) is 22.3 Å². The second kappa shape index (κ2) is 7.78. The van der Waals surface area contributed by atoms with E-state index < -0.39 is 17.7 Å². The number of esters is 1. The van der Waals surface area contributed by atoms with Gasteiger partial charge in [0.2, 0.25) is 5.82 Å². The summed E-state index contributed by atoms with van der Waals surface area (Å²) in [6.45, 7) is -0.279. The topological polar surface area (TPSA) is 78.4 Å². The van der Waals surface area contributed by atoms with Gasteiger partial charge in [-0.05, 0) is 46.3 Å². The molecule has 1 aromatic carbocycles. The number of alkyl halides is 3. The Hall–Kier alpha value is -2.88. The molecule has 0 saturated heterocycles. The summed E-state index contributed by atoms with van der Waals surface area (Å²) in [4.78, 5) is 15.6. The van der Waals surface area contributed by atoms with Gasteiger partial charge in [-0.25, -0.2) is 4.79 Å². The van der Waals surface area contributed by atoms with Crippen molar-refractivity contribution < 1.29 is 31.6 Å². The number of rotatable bonds is 5. The number of hydrogen-bond donors (Lipinski definition) is 0. The Morgan fingerprint density at radius 3 is 2.56 bits per heavy atom. The predicted octanol–water partition coefficient (Wildman–Crippen LogP) is 4.87. The van der Waals surface area contributed by atoms with Gasteiger partial charge >= 0.3 is 12.1 Å². The van der Waals surface area contributed by atoms with Crippen molar-refractivity contribution in [2.24, 2.45) is 0 Å². The summed E-state index contributed by atoms with van der Waals surface area (Å²) < 4.78 is 53.3. The zero-order chi connectivity index (χ0) is 19.4. The van der Waals surface area contributed by atoms with E-state index in [1.165, 1.54) is 24.3 Å². The van der Waals surface area contributed by atoms with Crippen LogP contribution < -0.4 is 0 Å². The van der Waals surface area contributed by atoms with E-state index in [4.69, 9.17) is 13.7 Å². The van der Waals surface area contributed by atoms with Crippen molar-refractivity contribution in [2.75, 3.05) is 0 Å². The quantitative estimate of drug-likeness (QED) is 0.414. The van der Waals surface area contributed by atoms with Gasteiger partial charge in [-0.3, -0.25) is 0 Å². The van der Waals surface area contributed by atoms with E-state index in [2.05, 4.69) is 26.1 Å². The molecule has 27 heavy (non-hydrogen) atoms. The highest BCUT2D eigenvalue weighted by Crippen LogP contribution is 2.30. The number of furan rings is 1. The number of hydrogen-bond acceptors (Lipinski definition) is 6. The van der Waals surface area contributed by atoms with Crippen LogP contribution in [0.15, 0.2) is 56.1 Å². The zero-order valence-corrected chi connectivity index (χ0v) is 15.0. The summed E-state index contributed by atoms with van der Waals surface area (Å²) in [6.07, 6.45) is -1.83. The molecular weight excluding hydrogens is 433 g/mol. The Kier molecular flexibility index (Phi) is 5.45. The second-order valence-corrected chi connectivity index (χ2v) is 5.95. The standard InChI is InChI=1S/C17H10BrF3N2O4/c18-13-7-5-12(26-13)6-8-15(24)25-9-14-22-16(23-27-14)10-1-3-11(4-2-10)17(19,20)21/h1-8H,9H2/b8-6+. The van der Waals surface area contributed by atoms with Crippen LogP contribution in [0.5, 0.6) is 0 Å². The molecule has 3 rings (SSSR count). The van der Waals surface area contributed by atoms with Gasteiger partial charge in [-0.15, -0.1) is 0 Å². The summed E-state index contributed by atoms with van der Waals surface area (Å²) in [7, 11) is 0. The van der Waals surface area contributed by atoms with E-state index in [0.717, 1.165) is 12.1 Å². The lowest BCUT2D eigenvalue weighted by atomic mass is 10.1. The maximum absolute atomic E-state index is 12.6. The third-order valence-corrected chi connectivity index (χ3v) is 3.68. The van der Waals surface area contributed by atoms with Crippen LogP contribution in [0, 0.1) is 0 Å². The van der Waals surface area contributed by atoms with Gasteiger partial charge in [0.05, 0.1) is 5.56 Å². The van der Waals surface area contributed by atoms with Crippen molar-refractivity contribution in [1.82, 2.24) is 10.1 Å². The number of carbonyl (C=O) groups excluding carboxylic acids is 1. The molecule has 0 aliphatic carbocycles. The predicted molar refractivity (Wildman–Crippen MR) is 90.0 cm³/mol. The number of nitrogens with zero attached hydrogens (tertiary/aromatic N) is 2. The first-order valence-electron chi connectivity index (χ1n) is 7.41. The van der Waals surface area contributed by atoms with Crippen LogP contribution >= 0.6 is 15.9 Å². The smallest absolute Gasteiger partial charge is 0.416 e. The molecule has 0 aliphatic rings. The van der Waals surface area contributed by atoms with Gasteiger partial charge in [0, 0.05) is 11.6 Å². The van der Waals surface area contributed by atoms with Crippen LogP contribution in [-0.4, -0.2) is 16.1 Å². The summed E-state index contributed by atoms with van der Waals surface area (Å²) in [5.74, 6) is -0.101. The van der Waals surface area contributed by atoms with Gasteiger partial charge < -0.3 is 13.7 Å². The largest absolute Gasteiger partial charge is 0.452 e. The lowest BCUT2D eigenvalue weighted by Crippen LogP contribution is -2.04. The van der Waals surface area contributed by atoms with Crippen molar-refractivity contribution in [3.63, 3.8) is 0 Å². The van der Waals surface area contributed by atoms with E-state index in [-0.39, 0.29) is 18.3 Å². The molecule has 0 unspecified atom stereocenters. The molecule has 140 valence electrons. The summed E-state index contributed by atoms with van der Waals surface area (Å²) in [6, 6.07) is 7.63. The van der Waals surface area contributed by atoms with Crippen LogP contribution in [0.25, 0.3) is 17.5 Å². The highest BCUT2D eigenvalue weighted by molar-refractivity contribution is 9.10. The fraction of sp³-hybridized carbons (Fsp3) is 0.118. The molecule has 0 fully saturated rings. The highest BCUT2D eigenvalue weighted by Gasteiger charge is 2.30. The maximum atomic E-state index is 12.6. The number of halogens is 4. The van der Waals surface area contributed by atoms with Crippen LogP contribution in [0.1, 0.15) is 17.2 Å². The minimum atomic E-state index is -4.42. The lowest BCUT2D eigenvalue weighted by Gasteiger charge is -2.05. The Balaban J connectivity index is 1.57. The molecule has 2 heterocycles. The molecule has 0 N–H and O–H groups in total. The summed E-state index contributed by atoms with van der Waals surface area (Å²) in [5.41, 5.74) is -0.438. The number of aromatic nitrogens is 2. The highest BCUT2D eigenvalue weighted by atomic mass is 79.9. The molecule has 0 atom stereocenters. The monoisotopic (exact) mass is 442 g/mol. The Morgan fingerprint density at radius 2 is 1.93 bits per heavy atom. The summed E-state index contributed by atoms with van der Waals surface area (Å²) >= 11 is 3.14. The molecule has 0 radical (unpaired) electrons. The molecule has 0 bridgehead atoms. The number of carbonyl (C=O) groups is 1. The van der Waals surface area contributed by atoms with E-state index in [9.17, 15) is 18.0 Å². The van der Waals surface area contributed by atoms with E-state index in [1.807, 2.05) is 0 Å². The maximum Gasteiger partial charge on any atom is 0.416 e. The van der Waals surface area contributed by atoms with Crippen molar-refractivity contribution >= 4 is 28.0 Å². The zero-order valence-electron chi connectivity index (χ0n) is 13.4. The van der Waals surface area contributed by atoms with Crippen molar-refractivity contribution in [1.29, 1.82) is 0 Å². The Labute approximate surface area is 158 Å². The van der Waals surface area contributed by atoms with Gasteiger partial charge in [0.25, 0.3) is 5.89 Å². The minimum Gasteiger partial charge on any atom is -0.452 e. The Morgan fingerprint density at radius 1 is 1.19 bits per heavy atom. The number of benzene rings is 1. The second-order valence-electron chi connectivity index (χ2n) is 5.17. The molecule has 0 saturated carbocycles. The first kappa shape index (κ1) is 18.9. The van der Waals surface area contributed by atoms with Gasteiger partial charge in [0.1, 0.15) is 5.76 Å². The summed E-state index contributed by atoms with van der Waals surface area (Å²) in [5, 5.41) is 3.66. The Bertz CT molecular complexity index is 961. The first-order chi connectivity index (χ1) is 12.8. The minimum absolute atomic E-state index is 0.00684. The van der Waals surface area contributed by atoms with Gasteiger partial charge in [-0.1, -0.05) is 17.3 Å². The SMILES string of the molecule is O=C(/C=C/c1ccc(Br)o1)OCc1nc(-c2ccc(C(F)(F)F)cc2)no1. The molecule has 0 aliphatic heterocycles. The van der Waals surface area contributed by atoms with E-state index in [1.54, 1.807) is 12.1 Å². The fourth-order valence-corrected chi connectivity index (χ4v) is 2.31. The van der Waals surface area contributed by atoms with E-state index >= 15 is 0 Å². The third-order valence-electron chi connectivity index (χ3n) is 3.25. The van der Waals surface area contributed by atoms with Crippen LogP contribution in [0.2, 0.25) is 0 Å². The van der Waals surface area contributed by atoms with Crippen molar-refractivity contribution in [3.8, 4) is 11.4 Å². The fourth-order valence-electron chi connectivity index (χ4n) is 1.99. The molecule has 2 aromatic heterocycles. The first-order valence-corrected chi connectivity index (χ1v) is 8.21. The molecule has 0 spiro atoms. The third kappa shape index (κ3) is 5.07. The van der Waals surface area contributed by atoms with Crippen molar-refractivity contribution in [3.05, 3.63) is 64.4 Å². The molecular formula is C17H10BrF3N2O4. The van der Waals surface area contributed by atoms with Gasteiger partial charge in [0.15, 0.2) is 11.3 Å². The molecule has 3 aromatic rings. The number of ether oxygens (including phenoxy) is 1. The van der Waals surface area contributed by atoms with Gasteiger partial charge in [-0.2, -0.15) is 18.2 Å². The lowest BCUT2D eigenvalue weighted by molar-refractivity contribution is -0.140. The van der Waals surface area contributed by atoms with Crippen molar-refractivity contribution in [2.45, 2.75) is 12.8 Å². The van der Waals surface area contributed by atoms with Crippen LogP contribution in [0.4, 0.5) is 13.2 Å². The van der Waals surface area contributed by atoms with Crippen LogP contribution in [0.3, 0.4) is 0 Å². The normalized spacial score (nSPS) is 11.9. The van der Waals surface area contributed by atoms with E-state index in [0.29, 0.717) is 16.0 Å². The molecule has 0 amide bonds. The molecule has 6 nitrogen and oxygen atoms in total.